The Bertz CT molecular complexity index is 577. The molecule has 0 aliphatic heterocycles. The van der Waals surface area contributed by atoms with Gasteiger partial charge in [-0.15, -0.1) is 0 Å². The van der Waals surface area contributed by atoms with Gasteiger partial charge in [0.15, 0.2) is 0 Å². The number of fused-ring (bicyclic) bond motifs is 1. The Labute approximate surface area is 116 Å². The predicted molar refractivity (Wildman–Crippen MR) is 80.0 cm³/mol. The highest BCUT2D eigenvalue weighted by Gasteiger charge is 2.21. The summed E-state index contributed by atoms with van der Waals surface area (Å²) >= 11 is 3.59. The van der Waals surface area contributed by atoms with Crippen LogP contribution in [0.15, 0.2) is 46.9 Å². The number of hydrogen-bond donors (Lipinski definition) is 1. The summed E-state index contributed by atoms with van der Waals surface area (Å²) in [7, 11) is 0. The first kappa shape index (κ1) is 11.8. The fraction of sp³-hybridized carbons (Fsp3) is 0.250. The van der Waals surface area contributed by atoms with Gasteiger partial charge >= 0.3 is 0 Å². The lowest BCUT2D eigenvalue weighted by molar-refractivity contribution is 0.762. The fourth-order valence-corrected chi connectivity index (χ4v) is 2.97. The van der Waals surface area contributed by atoms with E-state index in [1.165, 1.54) is 39.7 Å². The van der Waals surface area contributed by atoms with E-state index in [9.17, 15) is 0 Å². The molecule has 1 aliphatic rings. The van der Waals surface area contributed by atoms with E-state index in [4.69, 9.17) is 0 Å². The van der Waals surface area contributed by atoms with E-state index < -0.39 is 0 Å². The topological polar surface area (TPSA) is 12.0 Å². The Morgan fingerprint density at radius 2 is 2.00 bits per heavy atom. The van der Waals surface area contributed by atoms with Crippen LogP contribution in [0.25, 0.3) is 0 Å². The number of benzene rings is 2. The highest BCUT2D eigenvalue weighted by Crippen LogP contribution is 2.34. The largest absolute Gasteiger partial charge is 0.378 e. The van der Waals surface area contributed by atoms with Crippen molar-refractivity contribution >= 4 is 21.6 Å². The van der Waals surface area contributed by atoms with Gasteiger partial charge in [-0.05, 0) is 48.6 Å². The lowest BCUT2D eigenvalue weighted by Gasteiger charge is -2.16. The number of rotatable bonds is 2. The van der Waals surface area contributed by atoms with Crippen LogP contribution in [0, 0.1) is 6.92 Å². The third-order valence-electron chi connectivity index (χ3n) is 3.65. The second-order valence-corrected chi connectivity index (χ2v) is 5.75. The van der Waals surface area contributed by atoms with Gasteiger partial charge in [0.05, 0.1) is 6.04 Å². The smallest absolute Gasteiger partial charge is 0.0519 e. The molecule has 0 bridgehead atoms. The number of anilines is 1. The van der Waals surface area contributed by atoms with Gasteiger partial charge in [0.2, 0.25) is 0 Å². The number of hydrogen-bond acceptors (Lipinski definition) is 1. The third-order valence-corrected chi connectivity index (χ3v) is 4.50. The summed E-state index contributed by atoms with van der Waals surface area (Å²) in [6, 6.07) is 15.7. The van der Waals surface area contributed by atoms with E-state index in [0.717, 1.165) is 0 Å². The number of nitrogens with one attached hydrogen (secondary N) is 1. The summed E-state index contributed by atoms with van der Waals surface area (Å²) in [6.07, 6.45) is 2.37. The van der Waals surface area contributed by atoms with Gasteiger partial charge in [-0.1, -0.05) is 46.3 Å². The van der Waals surface area contributed by atoms with E-state index >= 15 is 0 Å². The Kier molecular flexibility index (Phi) is 3.13. The van der Waals surface area contributed by atoms with Crippen molar-refractivity contribution in [2.45, 2.75) is 25.8 Å². The van der Waals surface area contributed by atoms with Gasteiger partial charge < -0.3 is 5.32 Å². The molecule has 0 amide bonds. The van der Waals surface area contributed by atoms with Crippen LogP contribution >= 0.6 is 15.9 Å². The van der Waals surface area contributed by atoms with Crippen molar-refractivity contribution in [2.75, 3.05) is 5.32 Å². The zero-order valence-corrected chi connectivity index (χ0v) is 12.0. The molecule has 1 atom stereocenters. The average Bonchev–Trinajstić information content (AvgIpc) is 2.78. The van der Waals surface area contributed by atoms with Crippen LogP contribution in [0.5, 0.6) is 0 Å². The van der Waals surface area contributed by atoms with Gasteiger partial charge in [0.25, 0.3) is 0 Å². The molecule has 1 nitrogen and oxygen atoms in total. The van der Waals surface area contributed by atoms with Gasteiger partial charge in [0, 0.05) is 10.2 Å². The van der Waals surface area contributed by atoms with E-state index in [0.29, 0.717) is 6.04 Å². The molecule has 2 aromatic carbocycles. The maximum atomic E-state index is 3.64. The predicted octanol–water partition coefficient (Wildman–Crippen LogP) is 4.86. The molecule has 0 aromatic heterocycles. The minimum atomic E-state index is 0.454. The first-order valence-electron chi connectivity index (χ1n) is 6.34. The maximum Gasteiger partial charge on any atom is 0.0519 e. The Morgan fingerprint density at radius 3 is 2.83 bits per heavy atom. The fourth-order valence-electron chi connectivity index (χ4n) is 2.59. The van der Waals surface area contributed by atoms with Gasteiger partial charge in [-0.25, -0.2) is 0 Å². The molecule has 92 valence electrons. The Balaban J connectivity index is 1.84. The van der Waals surface area contributed by atoms with Crippen LogP contribution in [0.2, 0.25) is 0 Å². The second-order valence-electron chi connectivity index (χ2n) is 4.90. The summed E-state index contributed by atoms with van der Waals surface area (Å²) in [6.45, 7) is 2.11. The molecule has 2 heteroatoms. The molecule has 2 aromatic rings. The van der Waals surface area contributed by atoms with Crippen LogP contribution in [0.3, 0.4) is 0 Å². The first-order valence-corrected chi connectivity index (χ1v) is 7.14. The van der Waals surface area contributed by atoms with Crippen LogP contribution in [0.1, 0.15) is 29.2 Å². The molecule has 0 saturated heterocycles. The van der Waals surface area contributed by atoms with Crippen molar-refractivity contribution < 1.29 is 0 Å². The van der Waals surface area contributed by atoms with Gasteiger partial charge in [-0.2, -0.15) is 0 Å². The van der Waals surface area contributed by atoms with Crippen molar-refractivity contribution in [1.29, 1.82) is 0 Å². The van der Waals surface area contributed by atoms with Gasteiger partial charge in [0.1, 0.15) is 0 Å². The van der Waals surface area contributed by atoms with Crippen molar-refractivity contribution in [3.05, 3.63) is 63.6 Å². The molecule has 18 heavy (non-hydrogen) atoms. The van der Waals surface area contributed by atoms with Crippen LogP contribution in [-0.4, -0.2) is 0 Å². The summed E-state index contributed by atoms with van der Waals surface area (Å²) in [5.41, 5.74) is 5.40. The minimum absolute atomic E-state index is 0.454. The highest BCUT2D eigenvalue weighted by molar-refractivity contribution is 9.10. The summed E-state index contributed by atoms with van der Waals surface area (Å²) in [5.74, 6) is 0. The van der Waals surface area contributed by atoms with E-state index in [1.807, 2.05) is 0 Å². The van der Waals surface area contributed by atoms with Crippen LogP contribution < -0.4 is 5.32 Å². The lowest BCUT2D eigenvalue weighted by atomic mass is 10.1. The average molecular weight is 302 g/mol. The molecule has 0 fully saturated rings. The van der Waals surface area contributed by atoms with Gasteiger partial charge in [-0.3, -0.25) is 0 Å². The van der Waals surface area contributed by atoms with Crippen LogP contribution in [0.4, 0.5) is 5.69 Å². The Morgan fingerprint density at radius 1 is 1.17 bits per heavy atom. The quantitative estimate of drug-likeness (QED) is 0.835. The monoisotopic (exact) mass is 301 g/mol. The first-order chi connectivity index (χ1) is 8.74. The normalized spacial score (nSPS) is 17.6. The summed E-state index contributed by atoms with van der Waals surface area (Å²) in [5, 5.41) is 3.64. The maximum absolute atomic E-state index is 3.64. The molecular weight excluding hydrogens is 286 g/mol. The zero-order chi connectivity index (χ0) is 12.5. The standard InChI is InChI=1S/C16H16BrN/c1-11-6-8-13(10-15(11)17)18-16-9-7-12-4-2-3-5-14(12)16/h2-6,8,10,16,18H,7,9H2,1H3. The SMILES string of the molecule is Cc1ccc(NC2CCc3ccccc32)cc1Br. The van der Waals surface area contributed by atoms with E-state index in [2.05, 4.69) is 70.6 Å². The molecule has 0 heterocycles. The molecule has 3 rings (SSSR count). The Hall–Kier alpha value is -1.28. The molecule has 1 aliphatic carbocycles. The summed E-state index contributed by atoms with van der Waals surface area (Å²) < 4.78 is 1.17. The van der Waals surface area contributed by atoms with Crippen molar-refractivity contribution in [3.63, 3.8) is 0 Å². The van der Waals surface area contributed by atoms with Crippen molar-refractivity contribution in [1.82, 2.24) is 0 Å². The van der Waals surface area contributed by atoms with Crippen molar-refractivity contribution in [2.24, 2.45) is 0 Å². The highest BCUT2D eigenvalue weighted by atomic mass is 79.9. The molecule has 1 unspecified atom stereocenters. The number of aryl methyl sites for hydroxylation is 2. The van der Waals surface area contributed by atoms with Crippen molar-refractivity contribution in [3.8, 4) is 0 Å². The molecule has 0 saturated carbocycles. The number of halogens is 1. The minimum Gasteiger partial charge on any atom is -0.378 e. The zero-order valence-electron chi connectivity index (χ0n) is 10.4. The lowest BCUT2D eigenvalue weighted by Crippen LogP contribution is -2.06. The molecule has 0 spiro atoms. The molecule has 0 radical (unpaired) electrons. The summed E-state index contributed by atoms with van der Waals surface area (Å²) in [4.78, 5) is 0. The molecule has 1 N–H and O–H groups in total. The van der Waals surface area contributed by atoms with E-state index in [-0.39, 0.29) is 0 Å². The van der Waals surface area contributed by atoms with Crippen LogP contribution in [-0.2, 0) is 6.42 Å². The second kappa shape index (κ2) is 4.77. The molecular formula is C16H16BrN. The van der Waals surface area contributed by atoms with E-state index in [1.54, 1.807) is 0 Å². The third kappa shape index (κ3) is 2.17.